The molecule has 2 N–H and O–H groups in total. The number of benzene rings is 1. The fourth-order valence-corrected chi connectivity index (χ4v) is 2.03. The van der Waals surface area contributed by atoms with Crippen LogP contribution in [0.2, 0.25) is 10.0 Å². The maximum absolute atomic E-state index is 11.8. The molecule has 2 rings (SSSR count). The zero-order valence-electron chi connectivity index (χ0n) is 10.7. The van der Waals surface area contributed by atoms with Gasteiger partial charge in [-0.15, -0.1) is 0 Å². The molecule has 0 bridgehead atoms. The van der Waals surface area contributed by atoms with Crippen LogP contribution >= 0.6 is 23.2 Å². The topological polar surface area (TPSA) is 57.8 Å². The number of imidazole rings is 1. The number of carbonyl (C=O) groups is 1. The molecule has 4 nitrogen and oxygen atoms in total. The van der Waals surface area contributed by atoms with Crippen LogP contribution in [0.5, 0.6) is 0 Å². The van der Waals surface area contributed by atoms with Crippen molar-refractivity contribution >= 4 is 35.2 Å². The van der Waals surface area contributed by atoms with Gasteiger partial charge in [-0.2, -0.15) is 0 Å². The molecule has 0 aliphatic rings. The van der Waals surface area contributed by atoms with Gasteiger partial charge in [0.05, 0.1) is 16.1 Å². The summed E-state index contributed by atoms with van der Waals surface area (Å²) in [6, 6.07) is 5.06. The van der Waals surface area contributed by atoms with Gasteiger partial charge in [0.1, 0.15) is 5.82 Å². The van der Waals surface area contributed by atoms with Crippen LogP contribution in [0.3, 0.4) is 0 Å². The molecule has 20 heavy (non-hydrogen) atoms. The third-order valence-electron chi connectivity index (χ3n) is 2.68. The van der Waals surface area contributed by atoms with Crippen molar-refractivity contribution in [3.63, 3.8) is 0 Å². The quantitative estimate of drug-likeness (QED) is 0.848. The minimum Gasteiger partial charge on any atom is -0.347 e. The first-order valence-electron chi connectivity index (χ1n) is 6.00. The van der Waals surface area contributed by atoms with Crippen molar-refractivity contribution in [1.29, 1.82) is 0 Å². The predicted molar refractivity (Wildman–Crippen MR) is 80.6 cm³/mol. The Morgan fingerprint density at radius 2 is 2.25 bits per heavy atom. The van der Waals surface area contributed by atoms with Gasteiger partial charge in [-0.25, -0.2) is 4.98 Å². The first-order chi connectivity index (χ1) is 9.58. The smallest absolute Gasteiger partial charge is 0.244 e. The van der Waals surface area contributed by atoms with Crippen molar-refractivity contribution in [2.45, 2.75) is 13.0 Å². The third kappa shape index (κ3) is 3.62. The predicted octanol–water partition coefficient (Wildman–Crippen LogP) is 3.61. The van der Waals surface area contributed by atoms with Crippen molar-refractivity contribution in [3.8, 4) is 0 Å². The van der Waals surface area contributed by atoms with Crippen LogP contribution in [-0.4, -0.2) is 15.9 Å². The Labute approximate surface area is 126 Å². The number of hydrogen-bond donors (Lipinski definition) is 2. The van der Waals surface area contributed by atoms with E-state index in [1.54, 1.807) is 36.7 Å². The van der Waals surface area contributed by atoms with Gasteiger partial charge in [0.2, 0.25) is 5.91 Å². The Bertz CT molecular complexity index is 623. The van der Waals surface area contributed by atoms with Gasteiger partial charge in [-0.3, -0.25) is 4.79 Å². The number of hydrogen-bond acceptors (Lipinski definition) is 2. The second-order valence-corrected chi connectivity index (χ2v) is 4.97. The van der Waals surface area contributed by atoms with E-state index in [1.165, 1.54) is 6.08 Å². The molecule has 1 aromatic carbocycles. The molecule has 0 radical (unpaired) electrons. The lowest BCUT2D eigenvalue weighted by molar-refractivity contribution is -0.117. The summed E-state index contributed by atoms with van der Waals surface area (Å²) in [6.07, 6.45) is 6.38. The van der Waals surface area contributed by atoms with Gasteiger partial charge in [-0.1, -0.05) is 35.3 Å². The summed E-state index contributed by atoms with van der Waals surface area (Å²) in [5.74, 6) is 0.470. The number of carbonyl (C=O) groups excluding carboxylic acids is 1. The van der Waals surface area contributed by atoms with Gasteiger partial charge in [0.15, 0.2) is 0 Å². The van der Waals surface area contributed by atoms with Crippen molar-refractivity contribution < 1.29 is 4.79 Å². The highest BCUT2D eigenvalue weighted by Gasteiger charge is 2.09. The first kappa shape index (κ1) is 14.6. The highest BCUT2D eigenvalue weighted by molar-refractivity contribution is 6.42. The standard InChI is InChI=1S/C14H13Cl2N3O/c1-9(14-17-7-8-18-14)19-12(20)6-5-10-3-2-4-11(15)13(10)16/h2-9H,1H3,(H,17,18)(H,19,20)/b6-5+. The van der Waals surface area contributed by atoms with E-state index in [1.807, 2.05) is 6.92 Å². The van der Waals surface area contributed by atoms with Crippen LogP contribution < -0.4 is 5.32 Å². The Kier molecular flexibility index (Phi) is 4.82. The monoisotopic (exact) mass is 309 g/mol. The number of aromatic nitrogens is 2. The summed E-state index contributed by atoms with van der Waals surface area (Å²) in [4.78, 5) is 18.8. The second kappa shape index (κ2) is 6.59. The molecule has 2 aromatic rings. The molecule has 1 amide bonds. The van der Waals surface area contributed by atoms with E-state index >= 15 is 0 Å². The summed E-state index contributed by atoms with van der Waals surface area (Å²) in [7, 11) is 0. The molecule has 0 aliphatic heterocycles. The maximum Gasteiger partial charge on any atom is 0.244 e. The summed E-state index contributed by atoms with van der Waals surface area (Å²) in [5, 5.41) is 3.68. The van der Waals surface area contributed by atoms with Crippen molar-refractivity contribution in [2.75, 3.05) is 0 Å². The molecular weight excluding hydrogens is 297 g/mol. The number of rotatable bonds is 4. The Hall–Kier alpha value is -1.78. The summed E-state index contributed by atoms with van der Waals surface area (Å²) in [6.45, 7) is 1.84. The summed E-state index contributed by atoms with van der Waals surface area (Å²) < 4.78 is 0. The molecule has 0 saturated carbocycles. The number of halogens is 2. The molecule has 6 heteroatoms. The van der Waals surface area contributed by atoms with Crippen LogP contribution in [0.15, 0.2) is 36.7 Å². The average molecular weight is 310 g/mol. The molecule has 0 spiro atoms. The van der Waals surface area contributed by atoms with Crippen LogP contribution in [0.25, 0.3) is 6.08 Å². The SMILES string of the molecule is CC(NC(=O)/C=C/c1cccc(Cl)c1Cl)c1ncc[nH]1. The summed E-state index contributed by atoms with van der Waals surface area (Å²) >= 11 is 11.9. The van der Waals surface area contributed by atoms with E-state index in [9.17, 15) is 4.79 Å². The molecule has 0 fully saturated rings. The van der Waals surface area contributed by atoms with Gasteiger partial charge in [0, 0.05) is 18.5 Å². The number of amides is 1. The molecule has 1 heterocycles. The van der Waals surface area contributed by atoms with Crippen LogP contribution in [0, 0.1) is 0 Å². The van der Waals surface area contributed by atoms with Gasteiger partial charge in [-0.05, 0) is 24.6 Å². The number of H-pyrrole nitrogens is 1. The fourth-order valence-electron chi connectivity index (χ4n) is 1.66. The first-order valence-corrected chi connectivity index (χ1v) is 6.75. The lowest BCUT2D eigenvalue weighted by atomic mass is 10.2. The lowest BCUT2D eigenvalue weighted by Gasteiger charge is -2.09. The average Bonchev–Trinajstić information content (AvgIpc) is 2.94. The van der Waals surface area contributed by atoms with E-state index in [0.29, 0.717) is 21.4 Å². The molecule has 104 valence electrons. The maximum atomic E-state index is 11.8. The highest BCUT2D eigenvalue weighted by Crippen LogP contribution is 2.26. The molecule has 1 unspecified atom stereocenters. The van der Waals surface area contributed by atoms with E-state index in [4.69, 9.17) is 23.2 Å². The van der Waals surface area contributed by atoms with E-state index in [-0.39, 0.29) is 11.9 Å². The minimum atomic E-state index is -0.232. The zero-order chi connectivity index (χ0) is 14.5. The molecule has 1 atom stereocenters. The molecule has 0 aliphatic carbocycles. The Morgan fingerprint density at radius 3 is 2.95 bits per heavy atom. The fraction of sp³-hybridized carbons (Fsp3) is 0.143. The van der Waals surface area contributed by atoms with Gasteiger partial charge in [0.25, 0.3) is 0 Å². The Balaban J connectivity index is 2.01. The lowest BCUT2D eigenvalue weighted by Crippen LogP contribution is -2.25. The highest BCUT2D eigenvalue weighted by atomic mass is 35.5. The van der Waals surface area contributed by atoms with Gasteiger partial charge < -0.3 is 10.3 Å². The van der Waals surface area contributed by atoms with Crippen molar-refractivity contribution in [3.05, 3.63) is 58.1 Å². The number of aromatic amines is 1. The number of nitrogens with zero attached hydrogens (tertiary/aromatic N) is 1. The van der Waals surface area contributed by atoms with E-state index < -0.39 is 0 Å². The zero-order valence-corrected chi connectivity index (χ0v) is 12.2. The minimum absolute atomic E-state index is 0.197. The molecule has 1 aromatic heterocycles. The number of nitrogens with one attached hydrogen (secondary N) is 2. The summed E-state index contributed by atoms with van der Waals surface area (Å²) in [5.41, 5.74) is 0.694. The molecular formula is C14H13Cl2N3O. The normalized spacial score (nSPS) is 12.6. The Morgan fingerprint density at radius 1 is 1.45 bits per heavy atom. The molecule has 0 saturated heterocycles. The van der Waals surface area contributed by atoms with E-state index in [0.717, 1.165) is 0 Å². The van der Waals surface area contributed by atoms with Crippen molar-refractivity contribution in [2.24, 2.45) is 0 Å². The van der Waals surface area contributed by atoms with Crippen molar-refractivity contribution in [1.82, 2.24) is 15.3 Å². The van der Waals surface area contributed by atoms with Crippen LogP contribution in [0.1, 0.15) is 24.4 Å². The second-order valence-electron chi connectivity index (χ2n) is 4.18. The third-order valence-corrected chi connectivity index (χ3v) is 3.52. The van der Waals surface area contributed by atoms with Crippen LogP contribution in [0.4, 0.5) is 0 Å². The van der Waals surface area contributed by atoms with E-state index in [2.05, 4.69) is 15.3 Å². The largest absolute Gasteiger partial charge is 0.347 e. The van der Waals surface area contributed by atoms with Gasteiger partial charge >= 0.3 is 0 Å². The van der Waals surface area contributed by atoms with Crippen LogP contribution in [-0.2, 0) is 4.79 Å².